The van der Waals surface area contributed by atoms with Gasteiger partial charge in [-0.3, -0.25) is 4.90 Å². The highest BCUT2D eigenvalue weighted by molar-refractivity contribution is 5.43. The van der Waals surface area contributed by atoms with Crippen LogP contribution in [0, 0.1) is 6.92 Å². The third kappa shape index (κ3) is 2.74. The van der Waals surface area contributed by atoms with E-state index in [0.717, 1.165) is 30.6 Å². The molecule has 0 radical (unpaired) electrons. The van der Waals surface area contributed by atoms with Gasteiger partial charge >= 0.3 is 0 Å². The Balaban J connectivity index is 1.77. The third-order valence-corrected chi connectivity index (χ3v) is 4.40. The Morgan fingerprint density at radius 1 is 1.26 bits per heavy atom. The fourth-order valence-electron chi connectivity index (χ4n) is 3.36. The fraction of sp³-hybridized carbons (Fsp3) is 0.667. The minimum atomic E-state index is 0.597. The van der Waals surface area contributed by atoms with Crippen LogP contribution in [0.1, 0.15) is 30.5 Å². The molecule has 0 bridgehead atoms. The highest BCUT2D eigenvalue weighted by Gasteiger charge is 2.29. The maximum atomic E-state index is 5.77. The van der Waals surface area contributed by atoms with E-state index in [2.05, 4.69) is 28.9 Å². The number of nitrogens with two attached hydrogens (primary N) is 1. The molecule has 0 amide bonds. The van der Waals surface area contributed by atoms with E-state index in [-0.39, 0.29) is 0 Å². The van der Waals surface area contributed by atoms with Crippen LogP contribution in [-0.4, -0.2) is 42.1 Å². The summed E-state index contributed by atoms with van der Waals surface area (Å²) in [5.41, 5.74) is 8.03. The Morgan fingerprint density at radius 3 is 3.00 bits per heavy atom. The van der Waals surface area contributed by atoms with Crippen molar-refractivity contribution < 1.29 is 0 Å². The molecule has 2 aliphatic heterocycles. The standard InChI is InChI=1S/C15H24N4/c1-12-8-13(10-16)9-15(17-12)19-7-6-18-5-3-2-4-14(18)11-19/h8-9,14H,2-7,10-11,16H2,1H3. The number of piperazine rings is 1. The summed E-state index contributed by atoms with van der Waals surface area (Å²) in [6.07, 6.45) is 4.09. The minimum absolute atomic E-state index is 0.597. The molecule has 2 saturated heterocycles. The zero-order valence-electron chi connectivity index (χ0n) is 11.8. The number of fused-ring (bicyclic) bond motifs is 1. The maximum Gasteiger partial charge on any atom is 0.129 e. The molecule has 4 heteroatoms. The van der Waals surface area contributed by atoms with E-state index in [4.69, 9.17) is 10.7 Å². The van der Waals surface area contributed by atoms with Crippen LogP contribution in [0.3, 0.4) is 0 Å². The quantitative estimate of drug-likeness (QED) is 0.876. The van der Waals surface area contributed by atoms with Crippen LogP contribution in [-0.2, 0) is 6.54 Å². The molecule has 0 spiro atoms. The van der Waals surface area contributed by atoms with Crippen LogP contribution in [0.4, 0.5) is 5.82 Å². The first-order valence-corrected chi connectivity index (χ1v) is 7.43. The van der Waals surface area contributed by atoms with Crippen LogP contribution < -0.4 is 10.6 Å². The summed E-state index contributed by atoms with van der Waals surface area (Å²) in [5, 5.41) is 0. The molecule has 2 fully saturated rings. The van der Waals surface area contributed by atoms with Crippen LogP contribution in [0.5, 0.6) is 0 Å². The predicted octanol–water partition coefficient (Wildman–Crippen LogP) is 1.52. The zero-order chi connectivity index (χ0) is 13.2. The van der Waals surface area contributed by atoms with E-state index in [1.807, 2.05) is 0 Å². The van der Waals surface area contributed by atoms with Gasteiger partial charge in [-0.05, 0) is 44.0 Å². The molecule has 4 nitrogen and oxygen atoms in total. The van der Waals surface area contributed by atoms with Gasteiger partial charge in [-0.1, -0.05) is 6.42 Å². The van der Waals surface area contributed by atoms with Gasteiger partial charge in [-0.25, -0.2) is 4.98 Å². The molecular formula is C15H24N4. The van der Waals surface area contributed by atoms with Gasteiger partial charge < -0.3 is 10.6 Å². The van der Waals surface area contributed by atoms with Gasteiger partial charge in [0.2, 0.25) is 0 Å². The largest absolute Gasteiger partial charge is 0.354 e. The van der Waals surface area contributed by atoms with Crippen LogP contribution >= 0.6 is 0 Å². The van der Waals surface area contributed by atoms with Crippen molar-refractivity contribution in [2.45, 2.75) is 38.8 Å². The van der Waals surface area contributed by atoms with E-state index < -0.39 is 0 Å². The molecule has 0 aromatic carbocycles. The first-order valence-electron chi connectivity index (χ1n) is 7.43. The number of aromatic nitrogens is 1. The van der Waals surface area contributed by atoms with E-state index in [9.17, 15) is 0 Å². The third-order valence-electron chi connectivity index (χ3n) is 4.40. The van der Waals surface area contributed by atoms with Crippen LogP contribution in [0.15, 0.2) is 12.1 Å². The van der Waals surface area contributed by atoms with Crippen molar-refractivity contribution >= 4 is 5.82 Å². The average molecular weight is 260 g/mol. The first-order chi connectivity index (χ1) is 9.26. The molecule has 19 heavy (non-hydrogen) atoms. The SMILES string of the molecule is Cc1cc(CN)cc(N2CCN3CCCCC3C2)n1. The lowest BCUT2D eigenvalue weighted by Gasteiger charge is -2.44. The topological polar surface area (TPSA) is 45.4 Å². The smallest absolute Gasteiger partial charge is 0.129 e. The normalized spacial score (nSPS) is 24.3. The lowest BCUT2D eigenvalue weighted by Crippen LogP contribution is -2.55. The van der Waals surface area contributed by atoms with Crippen molar-refractivity contribution in [3.05, 3.63) is 23.4 Å². The van der Waals surface area contributed by atoms with Crippen molar-refractivity contribution in [1.82, 2.24) is 9.88 Å². The van der Waals surface area contributed by atoms with E-state index in [1.54, 1.807) is 0 Å². The summed E-state index contributed by atoms with van der Waals surface area (Å²) < 4.78 is 0. The summed E-state index contributed by atoms with van der Waals surface area (Å²) in [7, 11) is 0. The number of rotatable bonds is 2. The number of nitrogens with zero attached hydrogens (tertiary/aromatic N) is 3. The second kappa shape index (κ2) is 5.47. The number of hydrogen-bond acceptors (Lipinski definition) is 4. The molecule has 104 valence electrons. The van der Waals surface area contributed by atoms with Gasteiger partial charge in [0.25, 0.3) is 0 Å². The van der Waals surface area contributed by atoms with Crippen molar-refractivity contribution in [1.29, 1.82) is 0 Å². The summed E-state index contributed by atoms with van der Waals surface area (Å²) >= 11 is 0. The number of pyridine rings is 1. The molecule has 0 aliphatic carbocycles. The highest BCUT2D eigenvalue weighted by Crippen LogP contribution is 2.24. The molecule has 1 aromatic heterocycles. The van der Waals surface area contributed by atoms with Gasteiger partial charge in [-0.2, -0.15) is 0 Å². The van der Waals surface area contributed by atoms with Gasteiger partial charge in [0.15, 0.2) is 0 Å². The molecule has 3 heterocycles. The summed E-state index contributed by atoms with van der Waals surface area (Å²) in [4.78, 5) is 9.79. The van der Waals surface area contributed by atoms with Gasteiger partial charge in [0.05, 0.1) is 0 Å². The number of piperidine rings is 1. The average Bonchev–Trinajstić information content (AvgIpc) is 2.46. The summed E-state index contributed by atoms with van der Waals surface area (Å²) in [6, 6.07) is 4.97. The predicted molar refractivity (Wildman–Crippen MR) is 78.3 cm³/mol. The van der Waals surface area contributed by atoms with Crippen molar-refractivity contribution in [2.24, 2.45) is 5.73 Å². The molecule has 1 aromatic rings. The monoisotopic (exact) mass is 260 g/mol. The lowest BCUT2D eigenvalue weighted by atomic mass is 9.99. The van der Waals surface area contributed by atoms with Gasteiger partial charge in [0, 0.05) is 37.9 Å². The Hall–Kier alpha value is -1.13. The second-order valence-corrected chi connectivity index (χ2v) is 5.81. The molecular weight excluding hydrogens is 236 g/mol. The van der Waals surface area contributed by atoms with Crippen molar-refractivity contribution in [3.8, 4) is 0 Å². The number of hydrogen-bond donors (Lipinski definition) is 1. The summed E-state index contributed by atoms with van der Waals surface area (Å²) in [6.45, 7) is 7.34. The summed E-state index contributed by atoms with van der Waals surface area (Å²) in [5.74, 6) is 1.12. The molecule has 2 N–H and O–H groups in total. The fourth-order valence-corrected chi connectivity index (χ4v) is 3.36. The minimum Gasteiger partial charge on any atom is -0.354 e. The molecule has 1 unspecified atom stereocenters. The number of aryl methyl sites for hydroxylation is 1. The van der Waals surface area contributed by atoms with E-state index >= 15 is 0 Å². The Bertz CT molecular complexity index is 446. The Labute approximate surface area is 115 Å². The van der Waals surface area contributed by atoms with Gasteiger partial charge in [0.1, 0.15) is 5.82 Å². The molecule has 0 saturated carbocycles. The Morgan fingerprint density at radius 2 is 2.16 bits per heavy atom. The van der Waals surface area contributed by atoms with Crippen molar-refractivity contribution in [3.63, 3.8) is 0 Å². The second-order valence-electron chi connectivity index (χ2n) is 5.81. The van der Waals surface area contributed by atoms with E-state index in [0.29, 0.717) is 6.54 Å². The highest BCUT2D eigenvalue weighted by atomic mass is 15.3. The van der Waals surface area contributed by atoms with Crippen LogP contribution in [0.25, 0.3) is 0 Å². The van der Waals surface area contributed by atoms with Gasteiger partial charge in [-0.15, -0.1) is 0 Å². The first kappa shape index (κ1) is 12.9. The lowest BCUT2D eigenvalue weighted by molar-refractivity contribution is 0.133. The molecule has 1 atom stereocenters. The number of anilines is 1. The zero-order valence-corrected chi connectivity index (χ0v) is 11.8. The van der Waals surface area contributed by atoms with E-state index in [1.165, 1.54) is 37.9 Å². The maximum absolute atomic E-state index is 5.77. The molecule has 2 aliphatic rings. The van der Waals surface area contributed by atoms with Crippen LogP contribution in [0.2, 0.25) is 0 Å². The Kier molecular flexibility index (Phi) is 3.71. The molecule has 3 rings (SSSR count). The van der Waals surface area contributed by atoms with Crippen molar-refractivity contribution in [2.75, 3.05) is 31.1 Å².